The highest BCUT2D eigenvalue weighted by molar-refractivity contribution is 7.12. The van der Waals surface area contributed by atoms with Gasteiger partial charge in [0.15, 0.2) is 0 Å². The van der Waals surface area contributed by atoms with Gasteiger partial charge in [0.2, 0.25) is 0 Å². The summed E-state index contributed by atoms with van der Waals surface area (Å²) < 4.78 is 0. The van der Waals surface area contributed by atoms with Gasteiger partial charge in [0.25, 0.3) is 5.91 Å². The lowest BCUT2D eigenvalue weighted by Crippen LogP contribution is -2.25. The van der Waals surface area contributed by atoms with Crippen LogP contribution in [-0.2, 0) is 6.54 Å². The Morgan fingerprint density at radius 2 is 2.18 bits per heavy atom. The van der Waals surface area contributed by atoms with Crippen molar-refractivity contribution >= 4 is 17.2 Å². The van der Waals surface area contributed by atoms with Gasteiger partial charge in [0.05, 0.1) is 4.88 Å². The number of rotatable bonds is 3. The zero-order chi connectivity index (χ0) is 12.3. The van der Waals surface area contributed by atoms with Crippen molar-refractivity contribution in [1.82, 2.24) is 4.90 Å². The second kappa shape index (κ2) is 5.01. The van der Waals surface area contributed by atoms with E-state index < -0.39 is 0 Å². The zero-order valence-corrected chi connectivity index (χ0v) is 10.3. The predicted octanol–water partition coefficient (Wildman–Crippen LogP) is 2.73. The standard InChI is InChI=1S/C13H13NO2S/c1-14(13(16)12-6-3-7-17-12)9-10-4-2-5-11(15)8-10/h2-8,15H,9H2,1H3. The fourth-order valence-corrected chi connectivity index (χ4v) is 2.31. The van der Waals surface area contributed by atoms with Crippen LogP contribution in [0.1, 0.15) is 15.2 Å². The van der Waals surface area contributed by atoms with Crippen molar-refractivity contribution in [1.29, 1.82) is 0 Å². The predicted molar refractivity (Wildman–Crippen MR) is 68.2 cm³/mol. The van der Waals surface area contributed by atoms with Crippen LogP contribution in [0.5, 0.6) is 5.75 Å². The van der Waals surface area contributed by atoms with E-state index in [2.05, 4.69) is 0 Å². The monoisotopic (exact) mass is 247 g/mol. The molecule has 0 radical (unpaired) electrons. The third kappa shape index (κ3) is 2.85. The molecule has 0 bridgehead atoms. The number of phenolic OH excluding ortho intramolecular Hbond substituents is 1. The van der Waals surface area contributed by atoms with Crippen molar-refractivity contribution in [3.8, 4) is 5.75 Å². The van der Waals surface area contributed by atoms with Gasteiger partial charge in [-0.3, -0.25) is 4.79 Å². The molecular formula is C13H13NO2S. The number of amides is 1. The third-order valence-corrected chi connectivity index (χ3v) is 3.27. The largest absolute Gasteiger partial charge is 0.508 e. The van der Waals surface area contributed by atoms with Gasteiger partial charge >= 0.3 is 0 Å². The topological polar surface area (TPSA) is 40.5 Å². The molecule has 3 nitrogen and oxygen atoms in total. The van der Waals surface area contributed by atoms with Crippen LogP contribution in [0, 0.1) is 0 Å². The summed E-state index contributed by atoms with van der Waals surface area (Å²) >= 11 is 1.43. The number of nitrogens with zero attached hydrogens (tertiary/aromatic N) is 1. The summed E-state index contributed by atoms with van der Waals surface area (Å²) in [6, 6.07) is 10.6. The Labute approximate surface area is 104 Å². The number of aromatic hydroxyl groups is 1. The lowest BCUT2D eigenvalue weighted by molar-refractivity contribution is 0.0789. The summed E-state index contributed by atoms with van der Waals surface area (Å²) in [5, 5.41) is 11.2. The van der Waals surface area contributed by atoms with Crippen molar-refractivity contribution in [2.75, 3.05) is 7.05 Å². The molecule has 88 valence electrons. The van der Waals surface area contributed by atoms with Crippen LogP contribution >= 0.6 is 11.3 Å². The lowest BCUT2D eigenvalue weighted by atomic mass is 10.2. The van der Waals surface area contributed by atoms with E-state index in [0.717, 1.165) is 10.4 Å². The Morgan fingerprint density at radius 3 is 2.82 bits per heavy atom. The molecule has 1 heterocycles. The molecule has 0 saturated carbocycles. The maximum absolute atomic E-state index is 12.0. The summed E-state index contributed by atoms with van der Waals surface area (Å²) in [5.74, 6) is 0.225. The van der Waals surface area contributed by atoms with Gasteiger partial charge in [0, 0.05) is 13.6 Å². The van der Waals surface area contributed by atoms with E-state index in [0.29, 0.717) is 6.54 Å². The first-order valence-electron chi connectivity index (χ1n) is 5.23. The fourth-order valence-electron chi connectivity index (χ4n) is 1.59. The second-order valence-electron chi connectivity index (χ2n) is 3.81. The van der Waals surface area contributed by atoms with Crippen molar-refractivity contribution in [2.24, 2.45) is 0 Å². The van der Waals surface area contributed by atoms with Gasteiger partial charge in [-0.1, -0.05) is 18.2 Å². The average molecular weight is 247 g/mol. The minimum atomic E-state index is 0.00310. The summed E-state index contributed by atoms with van der Waals surface area (Å²) in [7, 11) is 1.76. The number of hydrogen-bond acceptors (Lipinski definition) is 3. The molecule has 0 aliphatic rings. The zero-order valence-electron chi connectivity index (χ0n) is 9.46. The highest BCUT2D eigenvalue weighted by Crippen LogP contribution is 2.15. The van der Waals surface area contributed by atoms with E-state index in [-0.39, 0.29) is 11.7 Å². The maximum Gasteiger partial charge on any atom is 0.263 e. The van der Waals surface area contributed by atoms with Crippen LogP contribution in [0.4, 0.5) is 0 Å². The van der Waals surface area contributed by atoms with Crippen LogP contribution in [-0.4, -0.2) is 23.0 Å². The average Bonchev–Trinajstić information content (AvgIpc) is 2.81. The van der Waals surface area contributed by atoms with Crippen molar-refractivity contribution < 1.29 is 9.90 Å². The first-order chi connectivity index (χ1) is 8.16. The minimum Gasteiger partial charge on any atom is -0.508 e. The molecule has 0 atom stereocenters. The Morgan fingerprint density at radius 1 is 1.35 bits per heavy atom. The minimum absolute atomic E-state index is 0.00310. The SMILES string of the molecule is CN(Cc1cccc(O)c1)C(=O)c1cccs1. The van der Waals surface area contributed by atoms with Gasteiger partial charge in [0.1, 0.15) is 5.75 Å². The number of phenols is 1. The first-order valence-corrected chi connectivity index (χ1v) is 6.11. The van der Waals surface area contributed by atoms with Gasteiger partial charge in [-0.25, -0.2) is 0 Å². The normalized spacial score (nSPS) is 10.2. The van der Waals surface area contributed by atoms with Crippen LogP contribution in [0.2, 0.25) is 0 Å². The Hall–Kier alpha value is -1.81. The Balaban J connectivity index is 2.07. The van der Waals surface area contributed by atoms with Crippen molar-refractivity contribution in [3.63, 3.8) is 0 Å². The lowest BCUT2D eigenvalue weighted by Gasteiger charge is -2.16. The van der Waals surface area contributed by atoms with Crippen molar-refractivity contribution in [2.45, 2.75) is 6.54 Å². The second-order valence-corrected chi connectivity index (χ2v) is 4.76. The molecule has 1 amide bonds. The number of hydrogen-bond donors (Lipinski definition) is 1. The Kier molecular flexibility index (Phi) is 3.44. The van der Waals surface area contributed by atoms with E-state index in [1.807, 2.05) is 23.6 Å². The highest BCUT2D eigenvalue weighted by atomic mass is 32.1. The molecule has 0 aliphatic heterocycles. The molecule has 0 unspecified atom stereocenters. The van der Waals surface area contributed by atoms with E-state index >= 15 is 0 Å². The van der Waals surface area contributed by atoms with Crippen LogP contribution in [0.25, 0.3) is 0 Å². The van der Waals surface area contributed by atoms with Crippen molar-refractivity contribution in [3.05, 3.63) is 52.2 Å². The molecule has 0 saturated heterocycles. The molecule has 2 rings (SSSR count). The maximum atomic E-state index is 12.0. The molecule has 1 aromatic heterocycles. The van der Waals surface area contributed by atoms with E-state index in [1.165, 1.54) is 11.3 Å². The van der Waals surface area contributed by atoms with Crippen LogP contribution in [0.15, 0.2) is 41.8 Å². The van der Waals surface area contributed by atoms with E-state index in [4.69, 9.17) is 0 Å². The van der Waals surface area contributed by atoms with Gasteiger partial charge in [-0.15, -0.1) is 11.3 Å². The molecule has 0 spiro atoms. The molecular weight excluding hydrogens is 234 g/mol. The quantitative estimate of drug-likeness (QED) is 0.906. The van der Waals surface area contributed by atoms with Gasteiger partial charge < -0.3 is 10.0 Å². The molecule has 17 heavy (non-hydrogen) atoms. The number of carbonyl (C=O) groups excluding carboxylic acids is 1. The Bertz CT molecular complexity index is 508. The molecule has 4 heteroatoms. The molecule has 0 aliphatic carbocycles. The number of carbonyl (C=O) groups is 1. The van der Waals surface area contributed by atoms with Gasteiger partial charge in [-0.05, 0) is 29.1 Å². The van der Waals surface area contributed by atoms with Crippen LogP contribution in [0.3, 0.4) is 0 Å². The number of thiophene rings is 1. The summed E-state index contributed by atoms with van der Waals surface area (Å²) in [6.07, 6.45) is 0. The summed E-state index contributed by atoms with van der Waals surface area (Å²) in [6.45, 7) is 0.491. The molecule has 1 aromatic carbocycles. The summed E-state index contributed by atoms with van der Waals surface area (Å²) in [4.78, 5) is 14.3. The van der Waals surface area contributed by atoms with Crippen LogP contribution < -0.4 is 0 Å². The van der Waals surface area contributed by atoms with E-state index in [1.54, 1.807) is 30.1 Å². The fraction of sp³-hybridized carbons (Fsp3) is 0.154. The summed E-state index contributed by atoms with van der Waals surface area (Å²) in [5.41, 5.74) is 0.914. The highest BCUT2D eigenvalue weighted by Gasteiger charge is 2.12. The number of benzene rings is 1. The molecule has 1 N–H and O–H groups in total. The molecule has 0 fully saturated rings. The third-order valence-electron chi connectivity index (χ3n) is 2.41. The van der Waals surface area contributed by atoms with Gasteiger partial charge in [-0.2, -0.15) is 0 Å². The first kappa shape index (κ1) is 11.7. The molecule has 2 aromatic rings. The van der Waals surface area contributed by atoms with E-state index in [9.17, 15) is 9.90 Å². The smallest absolute Gasteiger partial charge is 0.263 e.